The van der Waals surface area contributed by atoms with E-state index in [0.29, 0.717) is 5.88 Å². The maximum atomic E-state index is 6.10. The van der Waals surface area contributed by atoms with Crippen LogP contribution in [-0.4, -0.2) is 14.5 Å². The van der Waals surface area contributed by atoms with E-state index in [2.05, 4.69) is 57.3 Å². The van der Waals surface area contributed by atoms with Crippen molar-refractivity contribution in [3.05, 3.63) is 43.9 Å². The molecule has 0 N–H and O–H groups in total. The molecule has 3 aromatic heterocycles. The van der Waals surface area contributed by atoms with Crippen molar-refractivity contribution in [1.82, 2.24) is 14.5 Å². The first kappa shape index (κ1) is 15.0. The van der Waals surface area contributed by atoms with Gasteiger partial charge in [-0.05, 0) is 54.4 Å². The van der Waals surface area contributed by atoms with Gasteiger partial charge >= 0.3 is 0 Å². The summed E-state index contributed by atoms with van der Waals surface area (Å²) in [5.74, 6) is 1.23. The quantitative estimate of drug-likeness (QED) is 0.580. The topological polar surface area (TPSA) is 30.7 Å². The van der Waals surface area contributed by atoms with Crippen LogP contribution in [0, 0.1) is 13.8 Å². The third-order valence-corrected chi connectivity index (χ3v) is 5.26. The molecule has 6 heteroatoms. The summed E-state index contributed by atoms with van der Waals surface area (Å²) in [4.78, 5) is 11.8. The highest BCUT2D eigenvalue weighted by Gasteiger charge is 2.20. The van der Waals surface area contributed by atoms with Gasteiger partial charge < -0.3 is 4.57 Å². The van der Waals surface area contributed by atoms with E-state index in [-0.39, 0.29) is 6.04 Å². The number of nitrogens with zero attached hydrogens (tertiary/aromatic N) is 3. The van der Waals surface area contributed by atoms with Crippen LogP contribution in [0.3, 0.4) is 0 Å². The van der Waals surface area contributed by atoms with E-state index >= 15 is 0 Å². The van der Waals surface area contributed by atoms with Gasteiger partial charge in [-0.15, -0.1) is 22.9 Å². The molecule has 3 nitrogen and oxygen atoms in total. The van der Waals surface area contributed by atoms with Crippen molar-refractivity contribution in [2.75, 3.05) is 0 Å². The summed E-state index contributed by atoms with van der Waals surface area (Å²) in [6.45, 7) is 6.47. The monoisotopic (exact) mass is 383 g/mol. The third kappa shape index (κ3) is 2.62. The second-order valence-electron chi connectivity index (χ2n) is 5.07. The first-order chi connectivity index (χ1) is 10.0. The summed E-state index contributed by atoms with van der Waals surface area (Å²) in [6, 6.07) is 4.39. The maximum absolute atomic E-state index is 6.10. The lowest BCUT2D eigenvalue weighted by molar-refractivity contribution is 0.628. The zero-order valence-electron chi connectivity index (χ0n) is 12.0. The lowest BCUT2D eigenvalue weighted by atomic mass is 10.1. The minimum atomic E-state index is 0.169. The van der Waals surface area contributed by atoms with Crippen molar-refractivity contribution in [1.29, 1.82) is 0 Å². The van der Waals surface area contributed by atoms with Crippen molar-refractivity contribution >= 4 is 50.0 Å². The van der Waals surface area contributed by atoms with Crippen LogP contribution in [0.1, 0.15) is 34.1 Å². The molecule has 0 bridgehead atoms. The molecule has 3 heterocycles. The van der Waals surface area contributed by atoms with E-state index in [1.165, 1.54) is 15.3 Å². The molecule has 0 saturated heterocycles. The number of imidazole rings is 1. The molecule has 3 aromatic rings. The maximum Gasteiger partial charge on any atom is 0.160 e. The Morgan fingerprint density at radius 3 is 2.76 bits per heavy atom. The van der Waals surface area contributed by atoms with Crippen LogP contribution in [0.5, 0.6) is 0 Å². The molecule has 0 aliphatic carbocycles. The Morgan fingerprint density at radius 2 is 2.14 bits per heavy atom. The van der Waals surface area contributed by atoms with Gasteiger partial charge in [0.05, 0.1) is 11.9 Å². The standard InChI is InChI=1S/C15H15BrClN3S/c1-8-4-12(10(3)21-8)9(2)20-14(6-17)19-13-5-11(16)7-18-15(13)20/h4-5,7,9H,6H2,1-3H3. The Bertz CT molecular complexity index is 809. The molecule has 0 radical (unpaired) electrons. The van der Waals surface area contributed by atoms with Crippen LogP contribution >= 0.6 is 38.9 Å². The molecule has 0 saturated carbocycles. The lowest BCUT2D eigenvalue weighted by Crippen LogP contribution is -2.10. The predicted octanol–water partition coefficient (Wildman–Crippen LogP) is 5.22. The zero-order chi connectivity index (χ0) is 15.1. The number of hydrogen-bond donors (Lipinski definition) is 0. The number of alkyl halides is 1. The molecule has 0 spiro atoms. The highest BCUT2D eigenvalue weighted by molar-refractivity contribution is 9.10. The number of hydrogen-bond acceptors (Lipinski definition) is 3. The van der Waals surface area contributed by atoms with Gasteiger partial charge in [-0.2, -0.15) is 0 Å². The van der Waals surface area contributed by atoms with Crippen molar-refractivity contribution in [3.63, 3.8) is 0 Å². The Hall–Kier alpha value is -0.910. The van der Waals surface area contributed by atoms with Gasteiger partial charge in [0, 0.05) is 20.4 Å². The van der Waals surface area contributed by atoms with Gasteiger partial charge in [-0.25, -0.2) is 9.97 Å². The van der Waals surface area contributed by atoms with E-state index in [9.17, 15) is 0 Å². The first-order valence-corrected chi connectivity index (χ1v) is 8.81. The number of rotatable bonds is 3. The van der Waals surface area contributed by atoms with E-state index in [1.54, 1.807) is 6.20 Å². The van der Waals surface area contributed by atoms with E-state index < -0.39 is 0 Å². The number of pyridine rings is 1. The normalized spacial score (nSPS) is 13.0. The van der Waals surface area contributed by atoms with Crippen molar-refractivity contribution in [2.24, 2.45) is 0 Å². The second-order valence-corrected chi connectivity index (χ2v) is 7.72. The number of aromatic nitrogens is 3. The van der Waals surface area contributed by atoms with Crippen LogP contribution in [0.2, 0.25) is 0 Å². The Labute approximate surface area is 141 Å². The van der Waals surface area contributed by atoms with Gasteiger partial charge in [0.1, 0.15) is 11.3 Å². The highest BCUT2D eigenvalue weighted by atomic mass is 79.9. The van der Waals surface area contributed by atoms with Gasteiger partial charge in [-0.1, -0.05) is 0 Å². The average molecular weight is 385 g/mol. The van der Waals surface area contributed by atoms with Crippen molar-refractivity contribution in [3.8, 4) is 0 Å². The number of thiophene rings is 1. The molecule has 0 fully saturated rings. The number of fused-ring (bicyclic) bond motifs is 1. The summed E-state index contributed by atoms with van der Waals surface area (Å²) >= 11 is 11.4. The third-order valence-electron chi connectivity index (χ3n) is 3.61. The molecular weight excluding hydrogens is 370 g/mol. The summed E-state index contributed by atoms with van der Waals surface area (Å²) in [5.41, 5.74) is 3.06. The fourth-order valence-corrected chi connectivity index (χ4v) is 4.23. The average Bonchev–Trinajstić information content (AvgIpc) is 2.97. The molecule has 0 aliphatic rings. The van der Waals surface area contributed by atoms with Crippen LogP contribution in [0.15, 0.2) is 22.8 Å². The molecule has 1 atom stereocenters. The lowest BCUT2D eigenvalue weighted by Gasteiger charge is -2.16. The fourth-order valence-electron chi connectivity index (χ4n) is 2.71. The fraction of sp³-hybridized carbons (Fsp3) is 0.333. The van der Waals surface area contributed by atoms with E-state index in [0.717, 1.165) is 21.5 Å². The van der Waals surface area contributed by atoms with Crippen LogP contribution in [0.4, 0.5) is 0 Å². The molecule has 0 aromatic carbocycles. The van der Waals surface area contributed by atoms with E-state index in [4.69, 9.17) is 11.6 Å². The Kier molecular flexibility index (Phi) is 4.08. The predicted molar refractivity (Wildman–Crippen MR) is 92.4 cm³/mol. The van der Waals surface area contributed by atoms with Gasteiger partial charge in [0.25, 0.3) is 0 Å². The smallest absolute Gasteiger partial charge is 0.160 e. The van der Waals surface area contributed by atoms with Crippen molar-refractivity contribution in [2.45, 2.75) is 32.7 Å². The summed E-state index contributed by atoms with van der Waals surface area (Å²) in [6.07, 6.45) is 1.80. The van der Waals surface area contributed by atoms with Gasteiger partial charge in [-0.3, -0.25) is 0 Å². The molecule has 1 unspecified atom stereocenters. The molecule has 3 rings (SSSR count). The van der Waals surface area contributed by atoms with Crippen LogP contribution in [-0.2, 0) is 5.88 Å². The minimum Gasteiger partial charge on any atom is -0.304 e. The second kappa shape index (κ2) is 5.71. The van der Waals surface area contributed by atoms with E-state index in [1.807, 2.05) is 17.4 Å². The SMILES string of the molecule is Cc1cc(C(C)n2c(CCl)nc3cc(Br)cnc32)c(C)s1. The van der Waals surface area contributed by atoms with Crippen LogP contribution < -0.4 is 0 Å². The highest BCUT2D eigenvalue weighted by Crippen LogP contribution is 2.32. The molecule has 110 valence electrons. The molecule has 0 amide bonds. The van der Waals surface area contributed by atoms with Crippen LogP contribution in [0.25, 0.3) is 11.2 Å². The molecule has 21 heavy (non-hydrogen) atoms. The van der Waals surface area contributed by atoms with Gasteiger partial charge in [0.15, 0.2) is 5.65 Å². The summed E-state index contributed by atoms with van der Waals surface area (Å²) in [5, 5.41) is 0. The largest absolute Gasteiger partial charge is 0.304 e. The molecular formula is C15H15BrClN3S. The summed E-state index contributed by atoms with van der Waals surface area (Å²) < 4.78 is 3.07. The Morgan fingerprint density at radius 1 is 1.38 bits per heavy atom. The zero-order valence-corrected chi connectivity index (χ0v) is 15.2. The van der Waals surface area contributed by atoms with Crippen molar-refractivity contribution < 1.29 is 0 Å². The molecule has 0 aliphatic heterocycles. The Balaban J connectivity index is 2.20. The minimum absolute atomic E-state index is 0.169. The first-order valence-electron chi connectivity index (χ1n) is 6.66. The number of halogens is 2. The summed E-state index contributed by atoms with van der Waals surface area (Å²) in [7, 11) is 0. The number of aryl methyl sites for hydroxylation is 2. The van der Waals surface area contributed by atoms with Gasteiger partial charge in [0.2, 0.25) is 0 Å².